The first-order valence-corrected chi connectivity index (χ1v) is 6.20. The van der Waals surface area contributed by atoms with Gasteiger partial charge in [0.25, 0.3) is 0 Å². The molecule has 3 nitrogen and oxygen atoms in total. The van der Waals surface area contributed by atoms with Gasteiger partial charge in [-0.05, 0) is 13.3 Å². The quantitative estimate of drug-likeness (QED) is 0.764. The van der Waals surface area contributed by atoms with Crippen LogP contribution in [0, 0.1) is 6.92 Å². The van der Waals surface area contributed by atoms with Crippen LogP contribution >= 0.6 is 11.3 Å². The number of hydrogen-bond donors (Lipinski definition) is 0. The SMILES string of the molecule is COC(=O)CCc1sc(C(C)(C)C)nc1C. The van der Waals surface area contributed by atoms with Gasteiger partial charge in [0.2, 0.25) is 0 Å². The summed E-state index contributed by atoms with van der Waals surface area (Å²) >= 11 is 1.70. The predicted molar refractivity (Wildman–Crippen MR) is 65.9 cm³/mol. The highest BCUT2D eigenvalue weighted by atomic mass is 32.1. The fourth-order valence-corrected chi connectivity index (χ4v) is 2.42. The van der Waals surface area contributed by atoms with E-state index in [1.807, 2.05) is 6.92 Å². The lowest BCUT2D eigenvalue weighted by molar-refractivity contribution is -0.140. The van der Waals surface area contributed by atoms with Crippen molar-refractivity contribution in [2.45, 2.75) is 46.0 Å². The molecule has 0 amide bonds. The van der Waals surface area contributed by atoms with Gasteiger partial charge in [0, 0.05) is 10.3 Å². The second-order valence-electron chi connectivity index (χ2n) is 4.85. The molecule has 90 valence electrons. The Hall–Kier alpha value is -0.900. The number of carbonyl (C=O) groups is 1. The molecule has 0 aliphatic heterocycles. The third-order valence-electron chi connectivity index (χ3n) is 2.32. The van der Waals surface area contributed by atoms with Gasteiger partial charge in [-0.25, -0.2) is 4.98 Å². The van der Waals surface area contributed by atoms with Crippen LogP contribution in [0.25, 0.3) is 0 Å². The number of rotatable bonds is 3. The molecule has 0 saturated carbocycles. The highest BCUT2D eigenvalue weighted by molar-refractivity contribution is 7.11. The van der Waals surface area contributed by atoms with Crippen LogP contribution in [0.3, 0.4) is 0 Å². The highest BCUT2D eigenvalue weighted by Gasteiger charge is 2.20. The largest absolute Gasteiger partial charge is 0.469 e. The minimum absolute atomic E-state index is 0.0823. The Balaban J connectivity index is 2.75. The molecular weight excluding hydrogens is 222 g/mol. The Labute approximate surface area is 101 Å². The third-order valence-corrected chi connectivity index (χ3v) is 3.96. The van der Waals surface area contributed by atoms with Gasteiger partial charge in [0.05, 0.1) is 24.2 Å². The van der Waals surface area contributed by atoms with Crippen molar-refractivity contribution in [2.24, 2.45) is 0 Å². The number of aryl methyl sites for hydroxylation is 2. The van der Waals surface area contributed by atoms with Gasteiger partial charge in [0.1, 0.15) is 0 Å². The Kier molecular flexibility index (Phi) is 4.08. The molecular formula is C12H19NO2S. The molecule has 0 N–H and O–H groups in total. The zero-order chi connectivity index (χ0) is 12.3. The van der Waals surface area contributed by atoms with E-state index >= 15 is 0 Å². The lowest BCUT2D eigenvalue weighted by atomic mass is 9.98. The zero-order valence-corrected chi connectivity index (χ0v) is 11.4. The van der Waals surface area contributed by atoms with E-state index in [9.17, 15) is 4.79 Å². The maximum absolute atomic E-state index is 11.1. The van der Waals surface area contributed by atoms with Crippen molar-refractivity contribution in [3.05, 3.63) is 15.6 Å². The molecule has 0 fully saturated rings. The van der Waals surface area contributed by atoms with E-state index in [1.54, 1.807) is 11.3 Å². The number of nitrogens with zero attached hydrogens (tertiary/aromatic N) is 1. The maximum Gasteiger partial charge on any atom is 0.305 e. The van der Waals surface area contributed by atoms with Crippen LogP contribution < -0.4 is 0 Å². The molecule has 4 heteroatoms. The fourth-order valence-electron chi connectivity index (χ4n) is 1.30. The summed E-state index contributed by atoms with van der Waals surface area (Å²) in [5, 5.41) is 1.13. The Morgan fingerprint density at radius 1 is 1.44 bits per heavy atom. The van der Waals surface area contributed by atoms with Crippen molar-refractivity contribution in [2.75, 3.05) is 7.11 Å². The van der Waals surface area contributed by atoms with Gasteiger partial charge in [-0.2, -0.15) is 0 Å². The van der Waals surface area contributed by atoms with Crippen LogP contribution in [0.15, 0.2) is 0 Å². The minimum Gasteiger partial charge on any atom is -0.469 e. The summed E-state index contributed by atoms with van der Waals surface area (Å²) in [5.41, 5.74) is 1.12. The van der Waals surface area contributed by atoms with Crippen molar-refractivity contribution in [3.63, 3.8) is 0 Å². The summed E-state index contributed by atoms with van der Waals surface area (Å²) in [6, 6.07) is 0. The number of thiazole rings is 1. The van der Waals surface area contributed by atoms with E-state index in [0.29, 0.717) is 6.42 Å². The monoisotopic (exact) mass is 241 g/mol. The molecule has 0 aliphatic rings. The van der Waals surface area contributed by atoms with Crippen LogP contribution in [0.5, 0.6) is 0 Å². The van der Waals surface area contributed by atoms with Crippen LogP contribution in [-0.4, -0.2) is 18.1 Å². The van der Waals surface area contributed by atoms with Crippen molar-refractivity contribution in [3.8, 4) is 0 Å². The first-order valence-electron chi connectivity index (χ1n) is 5.38. The molecule has 1 aromatic rings. The van der Waals surface area contributed by atoms with Gasteiger partial charge in [-0.3, -0.25) is 4.79 Å². The Morgan fingerprint density at radius 3 is 2.50 bits per heavy atom. The summed E-state index contributed by atoms with van der Waals surface area (Å²) < 4.78 is 4.63. The number of methoxy groups -OCH3 is 1. The molecule has 1 rings (SSSR count). The third kappa shape index (κ3) is 3.30. The van der Waals surface area contributed by atoms with Gasteiger partial charge in [0.15, 0.2) is 0 Å². The summed E-state index contributed by atoms with van der Waals surface area (Å²) in [6.07, 6.45) is 1.16. The lowest BCUT2D eigenvalue weighted by Crippen LogP contribution is -2.10. The Morgan fingerprint density at radius 2 is 2.06 bits per heavy atom. The van der Waals surface area contributed by atoms with Crippen molar-refractivity contribution >= 4 is 17.3 Å². The lowest BCUT2D eigenvalue weighted by Gasteiger charge is -2.13. The van der Waals surface area contributed by atoms with Crippen LogP contribution in [0.2, 0.25) is 0 Å². The number of ether oxygens (including phenoxy) is 1. The average Bonchev–Trinajstić information content (AvgIpc) is 2.56. The first-order chi connectivity index (χ1) is 7.34. The van der Waals surface area contributed by atoms with E-state index in [0.717, 1.165) is 17.1 Å². The normalized spacial score (nSPS) is 11.6. The number of aromatic nitrogens is 1. The molecule has 0 atom stereocenters. The van der Waals surface area contributed by atoms with E-state index in [-0.39, 0.29) is 11.4 Å². The molecule has 0 aromatic carbocycles. The summed E-state index contributed by atoms with van der Waals surface area (Å²) in [4.78, 5) is 16.8. The topological polar surface area (TPSA) is 39.2 Å². The molecule has 0 radical (unpaired) electrons. The number of esters is 1. The standard InChI is InChI=1S/C12H19NO2S/c1-8-9(6-7-10(14)15-5)16-11(13-8)12(2,3)4/h6-7H2,1-5H3. The molecule has 0 spiro atoms. The average molecular weight is 241 g/mol. The second-order valence-corrected chi connectivity index (χ2v) is 5.94. The van der Waals surface area contributed by atoms with Crippen molar-refractivity contribution < 1.29 is 9.53 Å². The minimum atomic E-state index is -0.162. The van der Waals surface area contributed by atoms with Gasteiger partial charge in [-0.15, -0.1) is 11.3 Å². The van der Waals surface area contributed by atoms with Crippen LogP contribution in [0.4, 0.5) is 0 Å². The molecule has 1 aromatic heterocycles. The van der Waals surface area contributed by atoms with Crippen LogP contribution in [0.1, 0.15) is 42.8 Å². The highest BCUT2D eigenvalue weighted by Crippen LogP contribution is 2.29. The molecule has 0 aliphatic carbocycles. The van der Waals surface area contributed by atoms with E-state index in [4.69, 9.17) is 0 Å². The second kappa shape index (κ2) is 4.95. The molecule has 0 bridgehead atoms. The van der Waals surface area contributed by atoms with Gasteiger partial charge >= 0.3 is 5.97 Å². The van der Waals surface area contributed by atoms with Crippen LogP contribution in [-0.2, 0) is 21.4 Å². The smallest absolute Gasteiger partial charge is 0.305 e. The maximum atomic E-state index is 11.1. The summed E-state index contributed by atoms with van der Waals surface area (Å²) in [7, 11) is 1.42. The summed E-state index contributed by atoms with van der Waals surface area (Å²) in [6.45, 7) is 8.44. The zero-order valence-electron chi connectivity index (χ0n) is 10.6. The first kappa shape index (κ1) is 13.2. The number of carbonyl (C=O) groups excluding carboxylic acids is 1. The van der Waals surface area contributed by atoms with Crippen molar-refractivity contribution in [1.29, 1.82) is 0 Å². The molecule has 16 heavy (non-hydrogen) atoms. The van der Waals surface area contributed by atoms with Crippen molar-refractivity contribution in [1.82, 2.24) is 4.98 Å². The Bertz CT molecular complexity index is 377. The fraction of sp³-hybridized carbons (Fsp3) is 0.667. The molecule has 0 saturated heterocycles. The van der Waals surface area contributed by atoms with E-state index in [2.05, 4.69) is 30.5 Å². The van der Waals surface area contributed by atoms with Gasteiger partial charge in [-0.1, -0.05) is 20.8 Å². The molecule has 0 unspecified atom stereocenters. The van der Waals surface area contributed by atoms with Gasteiger partial charge < -0.3 is 4.74 Å². The summed E-state index contributed by atoms with van der Waals surface area (Å²) in [5.74, 6) is -0.162. The van der Waals surface area contributed by atoms with E-state index in [1.165, 1.54) is 12.0 Å². The predicted octanol–water partition coefficient (Wildman–Crippen LogP) is 2.85. The van der Waals surface area contributed by atoms with E-state index < -0.39 is 0 Å². The number of hydrogen-bond acceptors (Lipinski definition) is 4. The molecule has 1 heterocycles.